The first-order valence-electron chi connectivity index (χ1n) is 6.93. The number of aromatic nitrogens is 2. The Kier molecular flexibility index (Phi) is 4.05. The number of halogens is 1. The molecule has 0 saturated carbocycles. The van der Waals surface area contributed by atoms with Crippen molar-refractivity contribution in [2.24, 2.45) is 0 Å². The molecule has 1 aromatic heterocycles. The van der Waals surface area contributed by atoms with Crippen molar-refractivity contribution >= 4 is 5.69 Å². The summed E-state index contributed by atoms with van der Waals surface area (Å²) in [6.07, 6.45) is 1.88. The molecule has 4 nitrogen and oxygen atoms in total. The van der Waals surface area contributed by atoms with Crippen LogP contribution in [0.3, 0.4) is 0 Å². The number of benzene rings is 2. The zero-order valence-electron chi connectivity index (χ0n) is 12.2. The third-order valence-electron chi connectivity index (χ3n) is 3.30. The van der Waals surface area contributed by atoms with Crippen molar-refractivity contribution in [1.29, 1.82) is 0 Å². The largest absolute Gasteiger partial charge is 0.497 e. The SMILES string of the molecule is COc1ccc(F)c(NCc2ccn(-c3ccccc3)n2)c1. The van der Waals surface area contributed by atoms with Gasteiger partial charge in [-0.05, 0) is 30.3 Å². The van der Waals surface area contributed by atoms with E-state index in [1.165, 1.54) is 6.07 Å². The number of ether oxygens (including phenoxy) is 1. The first-order valence-corrected chi connectivity index (χ1v) is 6.93. The van der Waals surface area contributed by atoms with E-state index < -0.39 is 0 Å². The Balaban J connectivity index is 1.71. The molecule has 1 heterocycles. The van der Waals surface area contributed by atoms with Gasteiger partial charge in [-0.25, -0.2) is 9.07 Å². The topological polar surface area (TPSA) is 39.1 Å². The number of rotatable bonds is 5. The maximum atomic E-state index is 13.7. The van der Waals surface area contributed by atoms with Gasteiger partial charge in [-0.15, -0.1) is 0 Å². The van der Waals surface area contributed by atoms with Gasteiger partial charge in [0.1, 0.15) is 11.6 Å². The number of anilines is 1. The van der Waals surface area contributed by atoms with Crippen LogP contribution < -0.4 is 10.1 Å². The van der Waals surface area contributed by atoms with Crippen molar-refractivity contribution in [3.8, 4) is 11.4 Å². The third kappa shape index (κ3) is 3.09. The van der Waals surface area contributed by atoms with Crippen LogP contribution in [-0.4, -0.2) is 16.9 Å². The number of methoxy groups -OCH3 is 1. The van der Waals surface area contributed by atoms with E-state index in [1.807, 2.05) is 42.6 Å². The number of nitrogens with zero attached hydrogens (tertiary/aromatic N) is 2. The van der Waals surface area contributed by atoms with Gasteiger partial charge in [0, 0.05) is 12.3 Å². The fraction of sp³-hybridized carbons (Fsp3) is 0.118. The van der Waals surface area contributed by atoms with Crippen LogP contribution in [-0.2, 0) is 6.54 Å². The summed E-state index contributed by atoms with van der Waals surface area (Å²) in [5.74, 6) is 0.294. The molecule has 3 aromatic rings. The minimum absolute atomic E-state index is 0.316. The van der Waals surface area contributed by atoms with E-state index in [0.29, 0.717) is 18.0 Å². The fourth-order valence-corrected chi connectivity index (χ4v) is 2.13. The minimum atomic E-state index is -0.316. The average Bonchev–Trinajstić information content (AvgIpc) is 3.04. The molecule has 0 aliphatic carbocycles. The Labute approximate surface area is 128 Å². The second kappa shape index (κ2) is 6.30. The molecule has 3 rings (SSSR count). The van der Waals surface area contributed by atoms with Crippen LogP contribution in [0.15, 0.2) is 60.8 Å². The molecule has 0 fully saturated rings. The van der Waals surface area contributed by atoms with Crippen molar-refractivity contribution in [3.05, 3.63) is 72.3 Å². The lowest BCUT2D eigenvalue weighted by atomic mass is 10.2. The Bertz CT molecular complexity index is 756. The fourth-order valence-electron chi connectivity index (χ4n) is 2.13. The van der Waals surface area contributed by atoms with Gasteiger partial charge in [0.05, 0.1) is 30.7 Å². The molecule has 0 radical (unpaired) electrons. The Morgan fingerprint density at radius 1 is 1.14 bits per heavy atom. The van der Waals surface area contributed by atoms with Gasteiger partial charge in [-0.3, -0.25) is 0 Å². The van der Waals surface area contributed by atoms with Gasteiger partial charge in [0.15, 0.2) is 0 Å². The molecule has 0 aliphatic rings. The predicted molar refractivity (Wildman–Crippen MR) is 83.8 cm³/mol. The molecule has 112 valence electrons. The van der Waals surface area contributed by atoms with Gasteiger partial charge >= 0.3 is 0 Å². The Morgan fingerprint density at radius 2 is 1.95 bits per heavy atom. The summed E-state index contributed by atoms with van der Waals surface area (Å²) < 4.78 is 20.6. The molecule has 0 atom stereocenters. The summed E-state index contributed by atoms with van der Waals surface area (Å²) in [6, 6.07) is 16.3. The molecule has 22 heavy (non-hydrogen) atoms. The summed E-state index contributed by atoms with van der Waals surface area (Å²) >= 11 is 0. The molecule has 1 N–H and O–H groups in total. The molecular formula is C17H16FN3O. The predicted octanol–water partition coefficient (Wildman–Crippen LogP) is 3.63. The Hall–Kier alpha value is -2.82. The van der Waals surface area contributed by atoms with Crippen molar-refractivity contribution in [3.63, 3.8) is 0 Å². The van der Waals surface area contributed by atoms with E-state index in [9.17, 15) is 4.39 Å². The van der Waals surface area contributed by atoms with Crippen molar-refractivity contribution in [2.75, 3.05) is 12.4 Å². The molecule has 0 saturated heterocycles. The highest BCUT2D eigenvalue weighted by Crippen LogP contribution is 2.21. The van der Waals surface area contributed by atoms with E-state index in [-0.39, 0.29) is 5.82 Å². The van der Waals surface area contributed by atoms with Gasteiger partial charge in [0.25, 0.3) is 0 Å². The number of para-hydroxylation sites is 1. The summed E-state index contributed by atoms with van der Waals surface area (Å²) in [7, 11) is 1.55. The van der Waals surface area contributed by atoms with Gasteiger partial charge in [-0.2, -0.15) is 5.10 Å². The molecule has 0 bridgehead atoms. The average molecular weight is 297 g/mol. The first-order chi connectivity index (χ1) is 10.8. The molecular weight excluding hydrogens is 281 g/mol. The van der Waals surface area contributed by atoms with Crippen molar-refractivity contribution in [2.45, 2.75) is 6.54 Å². The highest BCUT2D eigenvalue weighted by atomic mass is 19.1. The lowest BCUT2D eigenvalue weighted by Crippen LogP contribution is -2.03. The van der Waals surface area contributed by atoms with Crippen LogP contribution in [0.2, 0.25) is 0 Å². The van der Waals surface area contributed by atoms with E-state index >= 15 is 0 Å². The van der Waals surface area contributed by atoms with Crippen molar-refractivity contribution in [1.82, 2.24) is 9.78 Å². The van der Waals surface area contributed by atoms with E-state index in [0.717, 1.165) is 11.4 Å². The van der Waals surface area contributed by atoms with Gasteiger partial charge in [0.2, 0.25) is 0 Å². The highest BCUT2D eigenvalue weighted by Gasteiger charge is 2.05. The van der Waals surface area contributed by atoms with E-state index in [1.54, 1.807) is 23.9 Å². The van der Waals surface area contributed by atoms with E-state index in [4.69, 9.17) is 4.74 Å². The van der Waals surface area contributed by atoms with Crippen molar-refractivity contribution < 1.29 is 9.13 Å². The molecule has 0 aliphatic heterocycles. The highest BCUT2D eigenvalue weighted by molar-refractivity contribution is 5.49. The molecule has 2 aromatic carbocycles. The molecule has 0 amide bonds. The second-order valence-corrected chi connectivity index (χ2v) is 4.79. The smallest absolute Gasteiger partial charge is 0.146 e. The summed E-state index contributed by atoms with van der Waals surface area (Å²) in [5, 5.41) is 7.51. The maximum absolute atomic E-state index is 13.7. The molecule has 5 heteroatoms. The Morgan fingerprint density at radius 3 is 2.73 bits per heavy atom. The van der Waals surface area contributed by atoms with Crippen LogP contribution >= 0.6 is 0 Å². The number of nitrogens with one attached hydrogen (secondary N) is 1. The van der Waals surface area contributed by atoms with Crippen LogP contribution in [0, 0.1) is 5.82 Å². The maximum Gasteiger partial charge on any atom is 0.146 e. The second-order valence-electron chi connectivity index (χ2n) is 4.79. The molecule has 0 spiro atoms. The van der Waals surface area contributed by atoms with Gasteiger partial charge in [-0.1, -0.05) is 18.2 Å². The van der Waals surface area contributed by atoms with Crippen LogP contribution in [0.1, 0.15) is 5.69 Å². The van der Waals surface area contributed by atoms with E-state index in [2.05, 4.69) is 10.4 Å². The number of hydrogen-bond acceptors (Lipinski definition) is 3. The zero-order valence-corrected chi connectivity index (χ0v) is 12.2. The summed E-state index contributed by atoms with van der Waals surface area (Å²) in [6.45, 7) is 0.434. The number of hydrogen-bond donors (Lipinski definition) is 1. The first kappa shape index (κ1) is 14.1. The lowest BCUT2D eigenvalue weighted by molar-refractivity contribution is 0.414. The van der Waals surface area contributed by atoms with Crippen LogP contribution in [0.25, 0.3) is 5.69 Å². The standard InChI is InChI=1S/C17H16FN3O/c1-22-15-7-8-16(18)17(11-15)19-12-13-9-10-21(20-13)14-5-3-2-4-6-14/h2-11,19H,12H2,1H3. The lowest BCUT2D eigenvalue weighted by Gasteiger charge is -2.08. The third-order valence-corrected chi connectivity index (χ3v) is 3.30. The minimum Gasteiger partial charge on any atom is -0.497 e. The van der Waals surface area contributed by atoms with Crippen LogP contribution in [0.5, 0.6) is 5.75 Å². The normalized spacial score (nSPS) is 10.5. The summed E-state index contributed by atoms with van der Waals surface area (Å²) in [4.78, 5) is 0. The summed E-state index contributed by atoms with van der Waals surface area (Å²) in [5.41, 5.74) is 2.21. The van der Waals surface area contributed by atoms with Crippen LogP contribution in [0.4, 0.5) is 10.1 Å². The van der Waals surface area contributed by atoms with Gasteiger partial charge < -0.3 is 10.1 Å². The zero-order chi connectivity index (χ0) is 15.4. The quantitative estimate of drug-likeness (QED) is 0.781. The monoisotopic (exact) mass is 297 g/mol. The molecule has 0 unspecified atom stereocenters.